The van der Waals surface area contributed by atoms with E-state index in [0.29, 0.717) is 43.9 Å². The number of methoxy groups -OCH3 is 1. The number of amides is 1. The highest BCUT2D eigenvalue weighted by Gasteiger charge is 2.47. The Kier molecular flexibility index (Phi) is 4.74. The highest BCUT2D eigenvalue weighted by Crippen LogP contribution is 2.36. The molecule has 0 unspecified atom stereocenters. The van der Waals surface area contributed by atoms with Crippen LogP contribution in [0.1, 0.15) is 23.2 Å². The monoisotopic (exact) mass is 369 g/mol. The Morgan fingerprint density at radius 3 is 2.76 bits per heavy atom. The predicted molar refractivity (Wildman–Crippen MR) is 90.8 cm³/mol. The van der Waals surface area contributed by atoms with Gasteiger partial charge in [0.05, 0.1) is 19.0 Å². The van der Waals surface area contributed by atoms with Crippen molar-refractivity contribution in [2.45, 2.75) is 18.4 Å². The van der Waals surface area contributed by atoms with Crippen molar-refractivity contribution in [3.05, 3.63) is 23.9 Å². The van der Waals surface area contributed by atoms with Gasteiger partial charge in [-0.3, -0.25) is 4.79 Å². The van der Waals surface area contributed by atoms with Gasteiger partial charge in [-0.25, -0.2) is 17.7 Å². The summed E-state index contributed by atoms with van der Waals surface area (Å²) >= 11 is 0. The number of likely N-dealkylation sites (tertiary alicyclic amines) is 1. The minimum atomic E-state index is -3.31. The topological polar surface area (TPSA) is 100 Å². The molecule has 0 radical (unpaired) electrons. The van der Waals surface area contributed by atoms with E-state index in [1.165, 1.54) is 23.9 Å². The van der Waals surface area contributed by atoms with Gasteiger partial charge in [-0.05, 0) is 18.9 Å². The van der Waals surface area contributed by atoms with Gasteiger partial charge in [-0.1, -0.05) is 0 Å². The van der Waals surface area contributed by atoms with Crippen LogP contribution in [0.3, 0.4) is 0 Å². The Hall–Kier alpha value is -1.71. The van der Waals surface area contributed by atoms with Crippen molar-refractivity contribution in [3.63, 3.8) is 0 Å². The third kappa shape index (κ3) is 3.63. The number of aliphatic hydroxyl groups is 1. The maximum atomic E-state index is 12.8. The fraction of sp³-hybridized carbons (Fsp3) is 0.625. The van der Waals surface area contributed by atoms with Gasteiger partial charge in [-0.15, -0.1) is 0 Å². The van der Waals surface area contributed by atoms with Crippen molar-refractivity contribution in [1.29, 1.82) is 0 Å². The van der Waals surface area contributed by atoms with E-state index >= 15 is 0 Å². The Labute approximate surface area is 147 Å². The van der Waals surface area contributed by atoms with Crippen molar-refractivity contribution in [3.8, 4) is 5.88 Å². The van der Waals surface area contributed by atoms with Gasteiger partial charge < -0.3 is 14.7 Å². The second-order valence-electron chi connectivity index (χ2n) is 6.76. The van der Waals surface area contributed by atoms with Gasteiger partial charge in [-0.2, -0.15) is 0 Å². The molecular weight excluding hydrogens is 346 g/mol. The number of sulfonamides is 1. The first-order chi connectivity index (χ1) is 11.7. The van der Waals surface area contributed by atoms with E-state index in [1.807, 2.05) is 0 Å². The van der Waals surface area contributed by atoms with E-state index in [4.69, 9.17) is 4.74 Å². The number of aromatic nitrogens is 1. The molecule has 2 fully saturated rings. The van der Waals surface area contributed by atoms with E-state index in [9.17, 15) is 18.3 Å². The molecule has 1 aromatic heterocycles. The molecule has 8 nitrogen and oxygen atoms in total. The molecule has 9 heteroatoms. The third-order valence-electron chi connectivity index (χ3n) is 5.18. The smallest absolute Gasteiger partial charge is 0.254 e. The molecule has 2 aliphatic rings. The summed E-state index contributed by atoms with van der Waals surface area (Å²) < 4.78 is 30.1. The van der Waals surface area contributed by atoms with Crippen molar-refractivity contribution in [2.75, 3.05) is 39.5 Å². The molecule has 25 heavy (non-hydrogen) atoms. The number of nitrogens with zero attached hydrogens (tertiary/aromatic N) is 3. The van der Waals surface area contributed by atoms with E-state index in [-0.39, 0.29) is 18.4 Å². The highest BCUT2D eigenvalue weighted by molar-refractivity contribution is 7.88. The quantitative estimate of drug-likeness (QED) is 0.802. The van der Waals surface area contributed by atoms with Crippen LogP contribution in [-0.4, -0.2) is 78.8 Å². The number of hydrogen-bond donors (Lipinski definition) is 1. The zero-order valence-electron chi connectivity index (χ0n) is 14.4. The lowest BCUT2D eigenvalue weighted by molar-refractivity contribution is -0.0946. The second kappa shape index (κ2) is 6.54. The van der Waals surface area contributed by atoms with Crippen LogP contribution < -0.4 is 4.74 Å². The molecule has 0 spiro atoms. The lowest BCUT2D eigenvalue weighted by atomic mass is 9.76. The normalized spacial score (nSPS) is 27.6. The number of hydrogen-bond acceptors (Lipinski definition) is 6. The molecular formula is C16H23N3O5S. The highest BCUT2D eigenvalue weighted by atomic mass is 32.2. The van der Waals surface area contributed by atoms with E-state index in [0.717, 1.165) is 0 Å². The molecule has 3 rings (SSSR count). The van der Waals surface area contributed by atoms with Crippen LogP contribution in [0.5, 0.6) is 5.88 Å². The first-order valence-corrected chi connectivity index (χ1v) is 10.0. The largest absolute Gasteiger partial charge is 0.481 e. The first kappa shape index (κ1) is 18.1. The molecule has 0 aromatic carbocycles. The molecule has 0 saturated carbocycles. The summed E-state index contributed by atoms with van der Waals surface area (Å²) in [6.07, 6.45) is 3.53. The number of fused-ring (bicyclic) bond motifs is 1. The maximum absolute atomic E-state index is 12.8. The summed E-state index contributed by atoms with van der Waals surface area (Å²) in [5.74, 6) is -0.100. The molecule has 0 bridgehead atoms. The van der Waals surface area contributed by atoms with Gasteiger partial charge in [0.2, 0.25) is 15.9 Å². The van der Waals surface area contributed by atoms with Gasteiger partial charge in [0.15, 0.2) is 0 Å². The standard InChI is InChI=1S/C16H23N3O5S/c1-24-14-9-12(3-6-17-14)15(20)18-7-4-16(21)5-8-19(25(2,22)23)11-13(16)10-18/h3,6,9,13,21H,4-5,7-8,10-11H2,1-2H3/t13-,16-/m0/s1. The SMILES string of the molecule is COc1cc(C(=O)N2CC[C@]3(O)CCN(S(C)(=O)=O)C[C@@H]3C2)ccn1. The van der Waals surface area contributed by atoms with Gasteiger partial charge in [0, 0.05) is 49.9 Å². The third-order valence-corrected chi connectivity index (χ3v) is 6.45. The molecule has 2 saturated heterocycles. The minimum Gasteiger partial charge on any atom is -0.481 e. The van der Waals surface area contributed by atoms with Gasteiger partial charge >= 0.3 is 0 Å². The number of pyridine rings is 1. The zero-order chi connectivity index (χ0) is 18.2. The first-order valence-electron chi connectivity index (χ1n) is 8.20. The molecule has 3 heterocycles. The number of piperidine rings is 2. The summed E-state index contributed by atoms with van der Waals surface area (Å²) in [6.45, 7) is 1.32. The Morgan fingerprint density at radius 2 is 2.08 bits per heavy atom. The molecule has 1 aromatic rings. The van der Waals surface area contributed by atoms with Crippen LogP contribution in [-0.2, 0) is 10.0 Å². The van der Waals surface area contributed by atoms with Crippen LogP contribution >= 0.6 is 0 Å². The number of rotatable bonds is 3. The molecule has 138 valence electrons. The lowest BCUT2D eigenvalue weighted by Gasteiger charge is -2.49. The predicted octanol–water partition coefficient (Wildman–Crippen LogP) is -0.0513. The number of carbonyl (C=O) groups excluding carboxylic acids is 1. The Bertz CT molecular complexity index is 769. The summed E-state index contributed by atoms with van der Waals surface area (Å²) in [6, 6.07) is 3.20. The van der Waals surface area contributed by atoms with Crippen molar-refractivity contribution < 1.29 is 23.1 Å². The second-order valence-corrected chi connectivity index (χ2v) is 8.74. The van der Waals surface area contributed by atoms with E-state index < -0.39 is 15.6 Å². The van der Waals surface area contributed by atoms with Gasteiger partial charge in [0.1, 0.15) is 0 Å². The average Bonchev–Trinajstić information content (AvgIpc) is 2.59. The van der Waals surface area contributed by atoms with Crippen molar-refractivity contribution in [1.82, 2.24) is 14.2 Å². The maximum Gasteiger partial charge on any atom is 0.254 e. The summed E-state index contributed by atoms with van der Waals surface area (Å²) in [5, 5.41) is 10.8. The summed E-state index contributed by atoms with van der Waals surface area (Å²) in [7, 11) is -1.82. The summed E-state index contributed by atoms with van der Waals surface area (Å²) in [5.41, 5.74) is -0.443. The zero-order valence-corrected chi connectivity index (χ0v) is 15.2. The number of ether oxygens (including phenoxy) is 1. The molecule has 1 N–H and O–H groups in total. The molecule has 2 atom stereocenters. The number of carbonyl (C=O) groups is 1. The summed E-state index contributed by atoms with van der Waals surface area (Å²) in [4.78, 5) is 18.4. The van der Waals surface area contributed by atoms with Crippen LogP contribution in [0, 0.1) is 5.92 Å². The van der Waals surface area contributed by atoms with Crippen LogP contribution in [0.15, 0.2) is 18.3 Å². The van der Waals surface area contributed by atoms with E-state index in [1.54, 1.807) is 17.0 Å². The lowest BCUT2D eigenvalue weighted by Crippen LogP contribution is -2.61. The van der Waals surface area contributed by atoms with Crippen molar-refractivity contribution in [2.24, 2.45) is 5.92 Å². The van der Waals surface area contributed by atoms with E-state index in [2.05, 4.69) is 4.98 Å². The van der Waals surface area contributed by atoms with Crippen LogP contribution in [0.25, 0.3) is 0 Å². The van der Waals surface area contributed by atoms with Crippen molar-refractivity contribution >= 4 is 15.9 Å². The van der Waals surface area contributed by atoms with Gasteiger partial charge in [0.25, 0.3) is 5.91 Å². The fourth-order valence-electron chi connectivity index (χ4n) is 3.59. The molecule has 0 aliphatic carbocycles. The average molecular weight is 369 g/mol. The minimum absolute atomic E-state index is 0.167. The molecule has 2 aliphatic heterocycles. The Morgan fingerprint density at radius 1 is 1.36 bits per heavy atom. The Balaban J connectivity index is 1.76. The van der Waals surface area contributed by atoms with Crippen LogP contribution in [0.4, 0.5) is 0 Å². The fourth-order valence-corrected chi connectivity index (χ4v) is 4.47. The molecule has 1 amide bonds. The van der Waals surface area contributed by atoms with Crippen LogP contribution in [0.2, 0.25) is 0 Å².